The van der Waals surface area contributed by atoms with Crippen LogP contribution in [-0.4, -0.2) is 30.8 Å². The highest BCUT2D eigenvalue weighted by Gasteiger charge is 2.10. The molecule has 130 valence electrons. The fourth-order valence-corrected chi connectivity index (χ4v) is 3.26. The minimum Gasteiger partial charge on any atom is -0.325 e. The molecule has 9 heteroatoms. The van der Waals surface area contributed by atoms with Crippen molar-refractivity contribution in [1.29, 1.82) is 0 Å². The molecule has 0 aliphatic rings. The van der Waals surface area contributed by atoms with Crippen molar-refractivity contribution in [2.24, 2.45) is 14.1 Å². The summed E-state index contributed by atoms with van der Waals surface area (Å²) < 4.78 is 3.08. The zero-order chi connectivity index (χ0) is 18.1. The number of aromatic amines is 1. The highest BCUT2D eigenvalue weighted by molar-refractivity contribution is 7.99. The number of thioether (sulfide) groups is 1. The Kier molecular flexibility index (Phi) is 4.49. The number of fused-ring (bicyclic) bond motifs is 1. The second-order valence-corrected chi connectivity index (χ2v) is 6.60. The molecule has 1 aromatic carbocycles. The molecule has 0 saturated carbocycles. The van der Waals surface area contributed by atoms with Gasteiger partial charge in [-0.25, -0.2) is 9.78 Å². The topological polar surface area (TPSA) is 102 Å². The van der Waals surface area contributed by atoms with E-state index >= 15 is 0 Å². The van der Waals surface area contributed by atoms with E-state index in [1.54, 1.807) is 43.8 Å². The molecule has 2 N–H and O–H groups in total. The van der Waals surface area contributed by atoms with Crippen molar-refractivity contribution >= 4 is 34.4 Å². The van der Waals surface area contributed by atoms with Crippen LogP contribution in [0, 0.1) is 6.92 Å². The zero-order valence-corrected chi connectivity index (χ0v) is 14.8. The van der Waals surface area contributed by atoms with Gasteiger partial charge in [0, 0.05) is 31.5 Å². The van der Waals surface area contributed by atoms with Gasteiger partial charge in [-0.05, 0) is 25.1 Å². The van der Waals surface area contributed by atoms with Crippen molar-refractivity contribution in [3.8, 4) is 0 Å². The molecule has 0 atom stereocenters. The predicted octanol–water partition coefficient (Wildman–Crippen LogP) is 1.000. The lowest BCUT2D eigenvalue weighted by atomic mass is 10.2. The first-order chi connectivity index (χ1) is 11.8. The van der Waals surface area contributed by atoms with Crippen molar-refractivity contribution in [2.45, 2.75) is 12.1 Å². The maximum Gasteiger partial charge on any atom is 0.328 e. The van der Waals surface area contributed by atoms with Gasteiger partial charge in [-0.3, -0.25) is 18.7 Å². The Morgan fingerprint density at radius 1 is 1.20 bits per heavy atom. The number of hydrogen-bond donors (Lipinski definition) is 2. The second-order valence-electron chi connectivity index (χ2n) is 5.63. The summed E-state index contributed by atoms with van der Waals surface area (Å²) in [5.41, 5.74) is 2.37. The van der Waals surface area contributed by atoms with E-state index in [1.165, 1.54) is 10.6 Å². The molecule has 0 unspecified atom stereocenters. The van der Waals surface area contributed by atoms with Crippen molar-refractivity contribution in [3.05, 3.63) is 50.8 Å². The summed E-state index contributed by atoms with van der Waals surface area (Å²) in [5, 5.41) is 3.19. The number of hydrogen-bond acceptors (Lipinski definition) is 5. The second kappa shape index (κ2) is 6.60. The number of carbonyl (C=O) groups excluding carboxylic acids is 1. The Bertz CT molecular complexity index is 1080. The smallest absolute Gasteiger partial charge is 0.325 e. The van der Waals surface area contributed by atoms with Gasteiger partial charge >= 0.3 is 5.69 Å². The molecule has 0 bridgehead atoms. The van der Waals surface area contributed by atoms with E-state index in [0.717, 1.165) is 22.8 Å². The molecule has 0 saturated heterocycles. The minimum absolute atomic E-state index is 0.109. The Morgan fingerprint density at radius 3 is 2.64 bits per heavy atom. The van der Waals surface area contributed by atoms with Crippen LogP contribution >= 0.6 is 11.8 Å². The molecule has 0 aliphatic carbocycles. The molecule has 2 heterocycles. The van der Waals surface area contributed by atoms with Crippen molar-refractivity contribution in [3.63, 3.8) is 0 Å². The first-order valence-electron chi connectivity index (χ1n) is 7.51. The molecule has 0 spiro atoms. The van der Waals surface area contributed by atoms with Crippen LogP contribution in [0.15, 0.2) is 39.0 Å². The third kappa shape index (κ3) is 3.50. The van der Waals surface area contributed by atoms with Gasteiger partial charge in [-0.2, -0.15) is 0 Å². The third-order valence-electron chi connectivity index (χ3n) is 3.74. The fourth-order valence-electron chi connectivity index (χ4n) is 2.54. The number of H-pyrrole nitrogens is 1. The quantitative estimate of drug-likeness (QED) is 0.534. The Hall–Kier alpha value is -2.81. The van der Waals surface area contributed by atoms with E-state index in [1.807, 2.05) is 0 Å². The van der Waals surface area contributed by atoms with E-state index in [2.05, 4.69) is 15.3 Å². The fraction of sp³-hybridized carbons (Fsp3) is 0.250. The number of rotatable bonds is 4. The summed E-state index contributed by atoms with van der Waals surface area (Å²) >= 11 is 1.15. The van der Waals surface area contributed by atoms with Gasteiger partial charge in [0.05, 0.1) is 16.8 Å². The van der Waals surface area contributed by atoms with Gasteiger partial charge in [0.25, 0.3) is 5.56 Å². The van der Waals surface area contributed by atoms with Crippen LogP contribution in [-0.2, 0) is 18.9 Å². The van der Waals surface area contributed by atoms with Crippen LogP contribution in [0.25, 0.3) is 11.0 Å². The number of amides is 1. The summed E-state index contributed by atoms with van der Waals surface area (Å²) in [6.07, 6.45) is 0. The summed E-state index contributed by atoms with van der Waals surface area (Å²) in [6, 6.07) is 6.69. The number of benzene rings is 1. The van der Waals surface area contributed by atoms with Gasteiger partial charge in [-0.1, -0.05) is 11.8 Å². The molecule has 0 aliphatic heterocycles. The summed E-state index contributed by atoms with van der Waals surface area (Å²) in [5.74, 6) is -0.118. The number of carbonyl (C=O) groups is 1. The number of nitrogens with zero attached hydrogens (tertiary/aromatic N) is 3. The molecule has 1 amide bonds. The van der Waals surface area contributed by atoms with Crippen molar-refractivity contribution in [1.82, 2.24) is 19.1 Å². The summed E-state index contributed by atoms with van der Waals surface area (Å²) in [7, 11) is 3.39. The first kappa shape index (κ1) is 17.0. The molecule has 0 radical (unpaired) electrons. The van der Waals surface area contributed by atoms with Crippen LogP contribution in [0.4, 0.5) is 5.69 Å². The van der Waals surface area contributed by atoms with E-state index in [4.69, 9.17) is 0 Å². The maximum atomic E-state index is 12.1. The van der Waals surface area contributed by atoms with E-state index < -0.39 is 0 Å². The van der Waals surface area contributed by atoms with Gasteiger partial charge in [0.1, 0.15) is 0 Å². The van der Waals surface area contributed by atoms with Crippen molar-refractivity contribution < 1.29 is 4.79 Å². The largest absolute Gasteiger partial charge is 0.328 e. The van der Waals surface area contributed by atoms with E-state index in [9.17, 15) is 14.4 Å². The highest BCUT2D eigenvalue weighted by Crippen LogP contribution is 2.18. The van der Waals surface area contributed by atoms with E-state index in [0.29, 0.717) is 16.5 Å². The Labute approximate surface area is 146 Å². The average Bonchev–Trinajstić information content (AvgIpc) is 2.77. The van der Waals surface area contributed by atoms with Crippen LogP contribution in [0.3, 0.4) is 0 Å². The van der Waals surface area contributed by atoms with E-state index in [-0.39, 0.29) is 22.9 Å². The Morgan fingerprint density at radius 2 is 1.92 bits per heavy atom. The van der Waals surface area contributed by atoms with Crippen LogP contribution in [0.2, 0.25) is 0 Å². The van der Waals surface area contributed by atoms with Gasteiger partial charge in [-0.15, -0.1) is 0 Å². The minimum atomic E-state index is -0.245. The molecule has 3 rings (SSSR count). The van der Waals surface area contributed by atoms with Gasteiger partial charge in [0.2, 0.25) is 5.91 Å². The molecule has 25 heavy (non-hydrogen) atoms. The maximum absolute atomic E-state index is 12.1. The normalized spacial score (nSPS) is 11.0. The lowest BCUT2D eigenvalue weighted by molar-refractivity contribution is -0.113. The SMILES string of the molecule is Cc1cc(=O)[nH]c(SCC(=O)Nc2ccc3c(c2)n(C)c(=O)n3C)n1. The van der Waals surface area contributed by atoms with Crippen LogP contribution < -0.4 is 16.6 Å². The average molecular weight is 359 g/mol. The Balaban J connectivity index is 1.72. The lowest BCUT2D eigenvalue weighted by Crippen LogP contribution is -2.19. The summed E-state index contributed by atoms with van der Waals surface area (Å²) in [4.78, 5) is 42.2. The van der Waals surface area contributed by atoms with Crippen LogP contribution in [0.5, 0.6) is 0 Å². The third-order valence-corrected chi connectivity index (χ3v) is 4.62. The zero-order valence-electron chi connectivity index (χ0n) is 14.0. The standard InChI is InChI=1S/C16H17N5O3S/c1-9-6-13(22)19-15(17-9)25-8-14(23)18-10-4-5-11-12(7-10)21(3)16(24)20(11)2/h4-7H,8H2,1-3H3,(H,18,23)(H,17,19,22). The highest BCUT2D eigenvalue weighted by atomic mass is 32.2. The lowest BCUT2D eigenvalue weighted by Gasteiger charge is -2.06. The first-order valence-corrected chi connectivity index (χ1v) is 8.50. The van der Waals surface area contributed by atoms with Gasteiger partial charge < -0.3 is 10.3 Å². The molecule has 2 aromatic heterocycles. The number of aromatic nitrogens is 4. The number of nitrogens with one attached hydrogen (secondary N) is 2. The molecular weight excluding hydrogens is 342 g/mol. The van der Waals surface area contributed by atoms with Crippen LogP contribution in [0.1, 0.15) is 5.69 Å². The molecule has 0 fully saturated rings. The number of aryl methyl sites for hydroxylation is 3. The molecule has 8 nitrogen and oxygen atoms in total. The summed E-state index contributed by atoms with van der Waals surface area (Å²) in [6.45, 7) is 1.72. The number of imidazole rings is 1. The monoisotopic (exact) mass is 359 g/mol. The molecular formula is C16H17N5O3S. The molecule has 3 aromatic rings. The predicted molar refractivity (Wildman–Crippen MR) is 97.1 cm³/mol. The van der Waals surface area contributed by atoms with Gasteiger partial charge in [0.15, 0.2) is 5.16 Å². The van der Waals surface area contributed by atoms with Crippen molar-refractivity contribution in [2.75, 3.05) is 11.1 Å². The number of anilines is 1.